The van der Waals surface area contributed by atoms with Crippen molar-refractivity contribution in [3.05, 3.63) is 42.7 Å². The number of hydrogen-bond donors (Lipinski definition) is 0. The second kappa shape index (κ2) is 6.59. The summed E-state index contributed by atoms with van der Waals surface area (Å²) in [5, 5.41) is 4.29. The van der Waals surface area contributed by atoms with Crippen LogP contribution in [-0.4, -0.2) is 52.9 Å². The number of rotatable bonds is 5. The number of methoxy groups -OCH3 is 1. The summed E-state index contributed by atoms with van der Waals surface area (Å²) in [7, 11) is 1.68. The predicted octanol–water partition coefficient (Wildman–Crippen LogP) is 2.80. The van der Waals surface area contributed by atoms with Crippen molar-refractivity contribution in [3.63, 3.8) is 0 Å². The molecule has 2 heterocycles. The summed E-state index contributed by atoms with van der Waals surface area (Å²) in [5.41, 5.74) is 0.805. The van der Waals surface area contributed by atoms with E-state index in [1.54, 1.807) is 13.3 Å². The molecule has 2 aliphatic rings. The molecule has 27 heavy (non-hydrogen) atoms. The summed E-state index contributed by atoms with van der Waals surface area (Å²) < 4.78 is 7.16. The van der Waals surface area contributed by atoms with Crippen LogP contribution in [0.2, 0.25) is 0 Å². The maximum atomic E-state index is 13.3. The van der Waals surface area contributed by atoms with Gasteiger partial charge in [0.05, 0.1) is 24.6 Å². The SMILES string of the molecule is COc1ccc(N2CCN(C(=O)C3(Cn4cccn4)CC3)CC2(C)C)cc1. The lowest BCUT2D eigenvalue weighted by Gasteiger charge is -2.49. The Morgan fingerprint density at radius 3 is 2.48 bits per heavy atom. The molecule has 0 spiro atoms. The number of anilines is 1. The Balaban J connectivity index is 1.46. The zero-order chi connectivity index (χ0) is 19.1. The Morgan fingerprint density at radius 2 is 1.93 bits per heavy atom. The summed E-state index contributed by atoms with van der Waals surface area (Å²) >= 11 is 0. The Bertz CT molecular complexity index is 794. The van der Waals surface area contributed by atoms with Gasteiger partial charge in [-0.1, -0.05) is 0 Å². The fraction of sp³-hybridized carbons (Fsp3) is 0.524. The van der Waals surface area contributed by atoms with Crippen molar-refractivity contribution >= 4 is 11.6 Å². The van der Waals surface area contributed by atoms with Gasteiger partial charge in [-0.3, -0.25) is 9.48 Å². The molecule has 1 amide bonds. The molecular weight excluding hydrogens is 340 g/mol. The van der Waals surface area contributed by atoms with Crippen molar-refractivity contribution in [2.75, 3.05) is 31.6 Å². The highest BCUT2D eigenvalue weighted by molar-refractivity contribution is 5.85. The normalized spacial score (nSPS) is 20.4. The number of nitrogens with zero attached hydrogens (tertiary/aromatic N) is 4. The number of piperazine rings is 1. The van der Waals surface area contributed by atoms with E-state index in [2.05, 4.69) is 40.9 Å². The Labute approximate surface area is 160 Å². The standard InChI is InChI=1S/C21H28N4O2/c1-20(2)15-23(13-14-25(20)17-5-7-18(27-3)8-6-17)19(26)21(9-10-21)16-24-12-4-11-22-24/h4-8,11-12H,9-10,13-16H2,1-3H3. The number of amides is 1. The largest absolute Gasteiger partial charge is 0.497 e. The number of ether oxygens (including phenoxy) is 1. The lowest BCUT2D eigenvalue weighted by molar-refractivity contribution is -0.139. The van der Waals surface area contributed by atoms with Crippen molar-refractivity contribution in [2.45, 2.75) is 38.8 Å². The lowest BCUT2D eigenvalue weighted by atomic mass is 9.95. The molecule has 0 unspecified atom stereocenters. The van der Waals surface area contributed by atoms with E-state index in [0.29, 0.717) is 12.5 Å². The first-order chi connectivity index (χ1) is 12.9. The van der Waals surface area contributed by atoms with Gasteiger partial charge in [-0.2, -0.15) is 5.10 Å². The predicted molar refractivity (Wildman–Crippen MR) is 105 cm³/mol. The first kappa shape index (κ1) is 17.9. The summed E-state index contributed by atoms with van der Waals surface area (Å²) in [5.74, 6) is 1.15. The van der Waals surface area contributed by atoms with Crippen molar-refractivity contribution in [1.29, 1.82) is 0 Å². The topological polar surface area (TPSA) is 50.6 Å². The molecule has 1 saturated carbocycles. The third kappa shape index (κ3) is 3.40. The minimum atomic E-state index is -0.246. The van der Waals surface area contributed by atoms with Crippen LogP contribution in [-0.2, 0) is 11.3 Å². The van der Waals surface area contributed by atoms with E-state index in [9.17, 15) is 4.79 Å². The molecule has 144 valence electrons. The van der Waals surface area contributed by atoms with Gasteiger partial charge < -0.3 is 14.5 Å². The number of carbonyl (C=O) groups excluding carboxylic acids is 1. The minimum absolute atomic E-state index is 0.121. The van der Waals surface area contributed by atoms with E-state index in [1.807, 2.05) is 29.1 Å². The van der Waals surface area contributed by atoms with Crippen molar-refractivity contribution in [2.24, 2.45) is 5.41 Å². The first-order valence-corrected chi connectivity index (χ1v) is 9.62. The van der Waals surface area contributed by atoms with E-state index in [4.69, 9.17) is 4.74 Å². The molecule has 0 bridgehead atoms. The molecule has 0 N–H and O–H groups in total. The maximum Gasteiger partial charge on any atom is 0.230 e. The van der Waals surface area contributed by atoms with Crippen molar-refractivity contribution < 1.29 is 9.53 Å². The van der Waals surface area contributed by atoms with Gasteiger partial charge in [0, 0.05) is 37.7 Å². The van der Waals surface area contributed by atoms with Crippen molar-refractivity contribution in [3.8, 4) is 5.75 Å². The van der Waals surface area contributed by atoms with Crippen LogP contribution >= 0.6 is 0 Å². The van der Waals surface area contributed by atoms with Crippen LogP contribution in [0.25, 0.3) is 0 Å². The minimum Gasteiger partial charge on any atom is -0.497 e. The van der Waals surface area contributed by atoms with Gasteiger partial charge in [0.25, 0.3) is 0 Å². The van der Waals surface area contributed by atoms with E-state index in [1.165, 1.54) is 5.69 Å². The van der Waals surface area contributed by atoms with Gasteiger partial charge >= 0.3 is 0 Å². The zero-order valence-electron chi connectivity index (χ0n) is 16.4. The number of benzene rings is 1. The zero-order valence-corrected chi connectivity index (χ0v) is 16.4. The average Bonchev–Trinajstić information content (AvgIpc) is 3.26. The summed E-state index contributed by atoms with van der Waals surface area (Å²) in [6, 6.07) is 10.1. The molecule has 0 radical (unpaired) electrons. The smallest absolute Gasteiger partial charge is 0.230 e. The Hall–Kier alpha value is -2.50. The molecule has 2 fully saturated rings. The molecule has 1 aromatic heterocycles. The first-order valence-electron chi connectivity index (χ1n) is 9.62. The third-order valence-corrected chi connectivity index (χ3v) is 5.90. The second-order valence-corrected chi connectivity index (χ2v) is 8.37. The van der Waals surface area contributed by atoms with E-state index >= 15 is 0 Å². The van der Waals surface area contributed by atoms with Crippen LogP contribution in [0.4, 0.5) is 5.69 Å². The van der Waals surface area contributed by atoms with E-state index in [0.717, 1.165) is 38.2 Å². The van der Waals surface area contributed by atoms with Crippen LogP contribution in [0.5, 0.6) is 5.75 Å². The van der Waals surface area contributed by atoms with E-state index in [-0.39, 0.29) is 11.0 Å². The van der Waals surface area contributed by atoms with Gasteiger partial charge in [0.2, 0.25) is 5.91 Å². The molecule has 6 nitrogen and oxygen atoms in total. The number of hydrogen-bond acceptors (Lipinski definition) is 4. The van der Waals surface area contributed by atoms with Gasteiger partial charge in [-0.25, -0.2) is 0 Å². The van der Waals surface area contributed by atoms with Crippen LogP contribution in [0.3, 0.4) is 0 Å². The molecule has 1 aromatic carbocycles. The molecule has 4 rings (SSSR count). The molecule has 1 aliphatic carbocycles. The summed E-state index contributed by atoms with van der Waals surface area (Å²) in [6.45, 7) is 7.45. The maximum absolute atomic E-state index is 13.3. The highest BCUT2D eigenvalue weighted by atomic mass is 16.5. The van der Waals surface area contributed by atoms with E-state index < -0.39 is 0 Å². The molecule has 1 aliphatic heterocycles. The highest BCUT2D eigenvalue weighted by Crippen LogP contribution is 2.49. The quantitative estimate of drug-likeness (QED) is 0.814. The molecule has 2 aromatic rings. The number of aromatic nitrogens is 2. The molecule has 0 atom stereocenters. The second-order valence-electron chi connectivity index (χ2n) is 8.37. The van der Waals surface area contributed by atoms with Crippen LogP contribution < -0.4 is 9.64 Å². The third-order valence-electron chi connectivity index (χ3n) is 5.90. The van der Waals surface area contributed by atoms with Gasteiger partial charge in [0.1, 0.15) is 5.75 Å². The van der Waals surface area contributed by atoms with Gasteiger partial charge in [-0.15, -0.1) is 0 Å². The fourth-order valence-corrected chi connectivity index (χ4v) is 4.20. The summed E-state index contributed by atoms with van der Waals surface area (Å²) in [4.78, 5) is 17.7. The van der Waals surface area contributed by atoms with Crippen LogP contribution in [0.1, 0.15) is 26.7 Å². The van der Waals surface area contributed by atoms with Gasteiger partial charge in [-0.05, 0) is 57.0 Å². The number of carbonyl (C=O) groups is 1. The lowest BCUT2D eigenvalue weighted by Crippen LogP contribution is -2.61. The van der Waals surface area contributed by atoms with Crippen molar-refractivity contribution in [1.82, 2.24) is 14.7 Å². The fourth-order valence-electron chi connectivity index (χ4n) is 4.20. The van der Waals surface area contributed by atoms with Crippen LogP contribution in [0.15, 0.2) is 42.7 Å². The molecular formula is C21H28N4O2. The molecule has 1 saturated heterocycles. The van der Waals surface area contributed by atoms with Gasteiger partial charge in [0.15, 0.2) is 0 Å². The highest BCUT2D eigenvalue weighted by Gasteiger charge is 2.53. The van der Waals surface area contributed by atoms with Crippen LogP contribution in [0, 0.1) is 5.41 Å². The average molecular weight is 368 g/mol. The molecule has 6 heteroatoms. The monoisotopic (exact) mass is 368 g/mol. The summed E-state index contributed by atoms with van der Waals surface area (Å²) in [6.07, 6.45) is 5.64. The Kier molecular flexibility index (Phi) is 4.36. The Morgan fingerprint density at radius 1 is 1.19 bits per heavy atom.